The molecule has 0 bridgehead atoms. The number of benzene rings is 2. The zero-order valence-corrected chi connectivity index (χ0v) is 18.4. The summed E-state index contributed by atoms with van der Waals surface area (Å²) in [5, 5.41) is 4.02. The van der Waals surface area contributed by atoms with E-state index in [4.69, 9.17) is 17.3 Å². The van der Waals surface area contributed by atoms with Crippen LogP contribution in [0.25, 0.3) is 0 Å². The van der Waals surface area contributed by atoms with Gasteiger partial charge in [0.25, 0.3) is 0 Å². The average molecular weight is 423 g/mol. The second-order valence-electron chi connectivity index (χ2n) is 7.69. The summed E-state index contributed by atoms with van der Waals surface area (Å²) in [6.45, 7) is 9.86. The number of aromatic nitrogens is 2. The molecule has 30 heavy (non-hydrogen) atoms. The predicted octanol–water partition coefficient (Wildman–Crippen LogP) is 4.71. The molecule has 156 valence electrons. The smallest absolute Gasteiger partial charge is 0.159 e. The molecular weight excluding hydrogens is 396 g/mol. The van der Waals surface area contributed by atoms with Crippen LogP contribution in [0, 0.1) is 20.8 Å². The van der Waals surface area contributed by atoms with Gasteiger partial charge in [0.05, 0.1) is 0 Å². The third-order valence-corrected chi connectivity index (χ3v) is 6.29. The molecule has 0 atom stereocenters. The first-order valence-corrected chi connectivity index (χ1v) is 10.5. The quantitative estimate of drug-likeness (QED) is 0.634. The van der Waals surface area contributed by atoms with E-state index in [1.54, 1.807) is 6.33 Å². The van der Waals surface area contributed by atoms with Gasteiger partial charge in [0.1, 0.15) is 12.0 Å². The number of nitrogens with two attached hydrogens (primary N) is 1. The molecule has 7 heteroatoms. The molecule has 4 rings (SSSR count). The molecule has 1 fully saturated rings. The van der Waals surface area contributed by atoms with Crippen molar-refractivity contribution in [2.75, 3.05) is 47.0 Å². The fourth-order valence-electron chi connectivity index (χ4n) is 3.85. The SMILES string of the molecule is Cc1cccc(N2CCN(c3ncnc(Nc4cccc(Cl)c4C)c3N)CC2)c1C. The minimum absolute atomic E-state index is 0.553. The van der Waals surface area contributed by atoms with Crippen molar-refractivity contribution < 1.29 is 0 Å². The van der Waals surface area contributed by atoms with E-state index < -0.39 is 0 Å². The van der Waals surface area contributed by atoms with Gasteiger partial charge < -0.3 is 20.9 Å². The molecule has 1 aliphatic heterocycles. The van der Waals surface area contributed by atoms with Gasteiger partial charge in [-0.3, -0.25) is 0 Å². The highest BCUT2D eigenvalue weighted by Gasteiger charge is 2.22. The molecule has 1 aliphatic rings. The van der Waals surface area contributed by atoms with Crippen LogP contribution in [0.2, 0.25) is 5.02 Å². The standard InChI is InChI=1S/C23H27ClN6/c1-15-6-4-9-20(16(15)2)29-10-12-30(13-11-29)23-21(25)22(26-14-27-23)28-19-8-5-7-18(24)17(19)3/h4-9,14H,10-13,25H2,1-3H3,(H,26,27,28). The maximum Gasteiger partial charge on any atom is 0.159 e. The van der Waals surface area contributed by atoms with E-state index in [2.05, 4.69) is 57.1 Å². The molecule has 3 N–H and O–H groups in total. The number of aryl methyl sites for hydroxylation is 1. The van der Waals surface area contributed by atoms with Crippen LogP contribution in [0.3, 0.4) is 0 Å². The summed E-state index contributed by atoms with van der Waals surface area (Å²) < 4.78 is 0. The zero-order chi connectivity index (χ0) is 21.3. The lowest BCUT2D eigenvalue weighted by Crippen LogP contribution is -2.47. The normalized spacial score (nSPS) is 14.1. The topological polar surface area (TPSA) is 70.3 Å². The number of nitrogens with one attached hydrogen (secondary N) is 1. The second-order valence-corrected chi connectivity index (χ2v) is 8.10. The predicted molar refractivity (Wildman–Crippen MR) is 126 cm³/mol. The van der Waals surface area contributed by atoms with E-state index in [1.807, 2.05) is 25.1 Å². The van der Waals surface area contributed by atoms with E-state index in [0.717, 1.165) is 43.2 Å². The van der Waals surface area contributed by atoms with Crippen molar-refractivity contribution in [2.24, 2.45) is 0 Å². The highest BCUT2D eigenvalue weighted by Crippen LogP contribution is 2.32. The minimum atomic E-state index is 0.553. The molecule has 0 aliphatic carbocycles. The van der Waals surface area contributed by atoms with Gasteiger partial charge in [-0.05, 0) is 55.7 Å². The summed E-state index contributed by atoms with van der Waals surface area (Å²) in [6.07, 6.45) is 1.56. The second kappa shape index (κ2) is 8.40. The Hall–Kier alpha value is -2.99. The Kier molecular flexibility index (Phi) is 5.68. The number of hydrogen-bond donors (Lipinski definition) is 2. The Morgan fingerprint density at radius 2 is 1.60 bits per heavy atom. The van der Waals surface area contributed by atoms with Crippen molar-refractivity contribution in [3.63, 3.8) is 0 Å². The van der Waals surface area contributed by atoms with Crippen LogP contribution in [-0.2, 0) is 0 Å². The van der Waals surface area contributed by atoms with Crippen LogP contribution in [0.5, 0.6) is 0 Å². The van der Waals surface area contributed by atoms with Crippen molar-refractivity contribution in [1.29, 1.82) is 0 Å². The number of nitrogens with zero attached hydrogens (tertiary/aromatic N) is 4. The lowest BCUT2D eigenvalue weighted by atomic mass is 10.1. The molecule has 1 saturated heterocycles. The molecule has 0 spiro atoms. The number of hydrogen-bond acceptors (Lipinski definition) is 6. The number of piperazine rings is 1. The van der Waals surface area contributed by atoms with Crippen LogP contribution < -0.4 is 20.9 Å². The molecule has 2 aromatic carbocycles. The third-order valence-electron chi connectivity index (χ3n) is 5.88. The van der Waals surface area contributed by atoms with E-state index in [1.165, 1.54) is 16.8 Å². The summed E-state index contributed by atoms with van der Waals surface area (Å²) in [7, 11) is 0. The van der Waals surface area contributed by atoms with Crippen LogP contribution in [-0.4, -0.2) is 36.1 Å². The van der Waals surface area contributed by atoms with Crippen LogP contribution in [0.1, 0.15) is 16.7 Å². The number of anilines is 5. The van der Waals surface area contributed by atoms with Crippen LogP contribution in [0.15, 0.2) is 42.7 Å². The summed E-state index contributed by atoms with van der Waals surface area (Å²) in [4.78, 5) is 13.5. The minimum Gasteiger partial charge on any atom is -0.393 e. The maximum absolute atomic E-state index is 6.46. The Morgan fingerprint density at radius 3 is 2.37 bits per heavy atom. The molecule has 0 saturated carbocycles. The molecule has 0 amide bonds. The van der Waals surface area contributed by atoms with Crippen molar-refractivity contribution in [1.82, 2.24) is 9.97 Å². The first kappa shape index (κ1) is 20.3. The van der Waals surface area contributed by atoms with E-state index in [-0.39, 0.29) is 0 Å². The first-order chi connectivity index (χ1) is 14.5. The largest absolute Gasteiger partial charge is 0.393 e. The van der Waals surface area contributed by atoms with Gasteiger partial charge in [0, 0.05) is 42.6 Å². The van der Waals surface area contributed by atoms with Crippen molar-refractivity contribution in [3.8, 4) is 0 Å². The van der Waals surface area contributed by atoms with E-state index in [9.17, 15) is 0 Å². The lowest BCUT2D eigenvalue weighted by Gasteiger charge is -2.38. The van der Waals surface area contributed by atoms with E-state index >= 15 is 0 Å². The van der Waals surface area contributed by atoms with Crippen LogP contribution >= 0.6 is 11.6 Å². The summed E-state index contributed by atoms with van der Waals surface area (Å²) in [5.74, 6) is 1.37. The Morgan fingerprint density at radius 1 is 0.900 bits per heavy atom. The first-order valence-electron chi connectivity index (χ1n) is 10.1. The Labute approximate surface area is 182 Å². The molecule has 0 radical (unpaired) electrons. The van der Waals surface area contributed by atoms with Gasteiger partial charge in [-0.15, -0.1) is 0 Å². The van der Waals surface area contributed by atoms with Gasteiger partial charge in [0.2, 0.25) is 0 Å². The van der Waals surface area contributed by atoms with E-state index in [0.29, 0.717) is 16.5 Å². The number of rotatable bonds is 4. The fourth-order valence-corrected chi connectivity index (χ4v) is 4.02. The molecule has 3 aromatic rings. The van der Waals surface area contributed by atoms with Crippen molar-refractivity contribution >= 4 is 40.3 Å². The molecular formula is C23H27ClN6. The summed E-state index contributed by atoms with van der Waals surface area (Å²) >= 11 is 6.24. The highest BCUT2D eigenvalue weighted by atomic mass is 35.5. The molecule has 0 unspecified atom stereocenters. The summed E-state index contributed by atoms with van der Waals surface area (Å²) in [6, 6.07) is 12.2. The third kappa shape index (κ3) is 3.87. The molecule has 6 nitrogen and oxygen atoms in total. The Bertz CT molecular complexity index is 1060. The van der Waals surface area contributed by atoms with Gasteiger partial charge >= 0.3 is 0 Å². The van der Waals surface area contributed by atoms with Crippen molar-refractivity contribution in [3.05, 3.63) is 64.4 Å². The number of halogens is 1. The summed E-state index contributed by atoms with van der Waals surface area (Å²) in [5.41, 5.74) is 12.8. The zero-order valence-electron chi connectivity index (χ0n) is 17.6. The molecule has 2 heterocycles. The molecule has 1 aromatic heterocycles. The van der Waals surface area contributed by atoms with Gasteiger partial charge in [-0.2, -0.15) is 0 Å². The average Bonchev–Trinajstić information content (AvgIpc) is 2.75. The maximum atomic E-state index is 6.46. The Balaban J connectivity index is 1.51. The van der Waals surface area contributed by atoms with Gasteiger partial charge in [-0.1, -0.05) is 29.8 Å². The highest BCUT2D eigenvalue weighted by molar-refractivity contribution is 6.31. The van der Waals surface area contributed by atoms with Crippen LogP contribution in [0.4, 0.5) is 28.7 Å². The monoisotopic (exact) mass is 422 g/mol. The lowest BCUT2D eigenvalue weighted by molar-refractivity contribution is 0.646. The van der Waals surface area contributed by atoms with Gasteiger partial charge in [-0.25, -0.2) is 9.97 Å². The number of nitrogen functional groups attached to an aromatic ring is 1. The van der Waals surface area contributed by atoms with Crippen molar-refractivity contribution in [2.45, 2.75) is 20.8 Å². The fraction of sp³-hybridized carbons (Fsp3) is 0.304. The van der Waals surface area contributed by atoms with Gasteiger partial charge in [0.15, 0.2) is 11.6 Å².